The Morgan fingerprint density at radius 1 is 1.03 bits per heavy atom. The van der Waals surface area contributed by atoms with Crippen LogP contribution in [0.4, 0.5) is 0 Å². The predicted octanol–water partition coefficient (Wildman–Crippen LogP) is 1.79. The summed E-state index contributed by atoms with van der Waals surface area (Å²) in [5.74, 6) is 1.61. The second-order valence-electron chi connectivity index (χ2n) is 11.3. The standard InChI is InChI=1S/C30H37N4O3.ClH/c1-30(25-13-7-3-8-14-25,33-17-9-4-10-18-33)29(35)36-26-21-34(19-15-23(26)16-20-34)22-27-31-28(37-32-27)24-11-5-2-6-12-24;/h2-3,5-8,11-14,23,26H,4,9-10,15-22H2,1H3;1H/q+1;/p-1/t23?,26-,30+,34?;/m0./s1. The highest BCUT2D eigenvalue weighted by molar-refractivity contribution is 5.82. The van der Waals surface area contributed by atoms with Crippen molar-refractivity contribution in [1.29, 1.82) is 0 Å². The summed E-state index contributed by atoms with van der Waals surface area (Å²) in [4.78, 5) is 21.1. The molecule has 5 heterocycles. The molecule has 0 N–H and O–H groups in total. The molecule has 38 heavy (non-hydrogen) atoms. The molecule has 202 valence electrons. The molecule has 0 unspecified atom stereocenters. The summed E-state index contributed by atoms with van der Waals surface area (Å²) in [6, 6.07) is 20.1. The number of nitrogens with zero attached hydrogens (tertiary/aromatic N) is 4. The van der Waals surface area contributed by atoms with Gasteiger partial charge in [-0.25, -0.2) is 4.79 Å². The van der Waals surface area contributed by atoms with Crippen LogP contribution < -0.4 is 12.4 Å². The van der Waals surface area contributed by atoms with E-state index in [9.17, 15) is 4.79 Å². The molecule has 7 nitrogen and oxygen atoms in total. The highest BCUT2D eigenvalue weighted by atomic mass is 35.5. The van der Waals surface area contributed by atoms with Gasteiger partial charge in [-0.05, 0) is 50.6 Å². The van der Waals surface area contributed by atoms with Crippen LogP contribution in [0.5, 0.6) is 0 Å². The Balaban J connectivity index is 0.00000294. The number of benzene rings is 2. The molecule has 0 amide bonds. The number of esters is 1. The Labute approximate surface area is 231 Å². The van der Waals surface area contributed by atoms with Crippen molar-refractivity contribution < 1.29 is 30.9 Å². The van der Waals surface area contributed by atoms with E-state index in [2.05, 4.69) is 29.1 Å². The van der Waals surface area contributed by atoms with Gasteiger partial charge in [0.25, 0.3) is 5.89 Å². The molecule has 0 radical (unpaired) electrons. The third-order valence-electron chi connectivity index (χ3n) is 8.99. The summed E-state index contributed by atoms with van der Waals surface area (Å²) in [6.45, 7) is 7.57. The van der Waals surface area contributed by atoms with E-state index in [0.29, 0.717) is 18.4 Å². The fourth-order valence-electron chi connectivity index (χ4n) is 6.68. The zero-order valence-electron chi connectivity index (χ0n) is 22.1. The molecule has 7 rings (SSSR count). The number of piperidine rings is 4. The normalized spacial score (nSPS) is 26.8. The topological polar surface area (TPSA) is 68.5 Å². The number of carbonyl (C=O) groups is 1. The first-order chi connectivity index (χ1) is 18.1. The summed E-state index contributed by atoms with van der Waals surface area (Å²) < 4.78 is 12.9. The zero-order valence-corrected chi connectivity index (χ0v) is 22.9. The third kappa shape index (κ3) is 5.12. The Bertz CT molecular complexity index is 1210. The Hall–Kier alpha value is -2.74. The van der Waals surface area contributed by atoms with Crippen molar-refractivity contribution in [3.63, 3.8) is 0 Å². The first-order valence-electron chi connectivity index (χ1n) is 13.8. The van der Waals surface area contributed by atoms with Gasteiger partial charge in [-0.3, -0.25) is 4.90 Å². The van der Waals surface area contributed by atoms with Crippen molar-refractivity contribution in [3.05, 3.63) is 72.1 Å². The van der Waals surface area contributed by atoms with E-state index in [1.807, 2.05) is 48.5 Å². The largest absolute Gasteiger partial charge is 1.00 e. The van der Waals surface area contributed by atoms with Crippen LogP contribution in [0.25, 0.3) is 11.5 Å². The number of fused-ring (bicyclic) bond motifs is 3. The predicted molar refractivity (Wildman–Crippen MR) is 140 cm³/mol. The molecule has 4 fully saturated rings. The van der Waals surface area contributed by atoms with Crippen LogP contribution in [0.1, 0.15) is 50.4 Å². The van der Waals surface area contributed by atoms with Crippen molar-refractivity contribution in [2.75, 3.05) is 32.7 Å². The van der Waals surface area contributed by atoms with E-state index in [1.54, 1.807) is 0 Å². The smallest absolute Gasteiger partial charge is 0.331 e. The number of hydrogen-bond donors (Lipinski definition) is 0. The third-order valence-corrected chi connectivity index (χ3v) is 8.99. The maximum atomic E-state index is 14.0. The van der Waals surface area contributed by atoms with Crippen LogP contribution in [0, 0.1) is 5.92 Å². The highest BCUT2D eigenvalue weighted by Gasteiger charge is 2.51. The van der Waals surface area contributed by atoms with Gasteiger partial charge in [0.05, 0.1) is 13.1 Å². The first kappa shape index (κ1) is 26.9. The SMILES string of the molecule is C[C@](C(=O)O[C@H]1C[N+]2(Cc3noc(-c4ccccc4)n3)CCC1CC2)(c1ccccc1)N1CCCCC1.[Cl-]. The van der Waals surface area contributed by atoms with Gasteiger partial charge >= 0.3 is 5.97 Å². The molecule has 8 heteroatoms. The van der Waals surface area contributed by atoms with E-state index < -0.39 is 5.54 Å². The average Bonchev–Trinajstić information content (AvgIpc) is 3.42. The monoisotopic (exact) mass is 536 g/mol. The van der Waals surface area contributed by atoms with Gasteiger partial charge in [-0.1, -0.05) is 60.1 Å². The van der Waals surface area contributed by atoms with E-state index in [1.165, 1.54) is 6.42 Å². The lowest BCUT2D eigenvalue weighted by Gasteiger charge is -2.52. The fraction of sp³-hybridized carbons (Fsp3) is 0.500. The minimum Gasteiger partial charge on any atom is -1.00 e. The average molecular weight is 537 g/mol. The lowest BCUT2D eigenvalue weighted by Crippen LogP contribution is -3.00. The van der Waals surface area contributed by atoms with E-state index in [4.69, 9.17) is 14.2 Å². The number of aromatic nitrogens is 2. The van der Waals surface area contributed by atoms with Crippen molar-refractivity contribution in [2.24, 2.45) is 5.92 Å². The van der Waals surface area contributed by atoms with Crippen LogP contribution >= 0.6 is 0 Å². The molecule has 4 aliphatic heterocycles. The van der Waals surface area contributed by atoms with Crippen LogP contribution in [0.2, 0.25) is 0 Å². The summed E-state index contributed by atoms with van der Waals surface area (Å²) >= 11 is 0. The maximum Gasteiger partial charge on any atom is 0.331 e. The van der Waals surface area contributed by atoms with Gasteiger partial charge in [-0.2, -0.15) is 4.98 Å². The molecule has 2 aromatic carbocycles. The van der Waals surface area contributed by atoms with Crippen molar-refractivity contribution >= 4 is 5.97 Å². The van der Waals surface area contributed by atoms with Crippen LogP contribution in [-0.4, -0.2) is 64.3 Å². The molecule has 4 aliphatic rings. The zero-order chi connectivity index (χ0) is 25.3. The van der Waals surface area contributed by atoms with Gasteiger partial charge in [0, 0.05) is 24.3 Å². The van der Waals surface area contributed by atoms with Crippen LogP contribution in [0.15, 0.2) is 65.2 Å². The summed E-state index contributed by atoms with van der Waals surface area (Å²) in [5, 5.41) is 4.31. The Kier molecular flexibility index (Phi) is 7.89. The lowest BCUT2D eigenvalue weighted by molar-refractivity contribution is -0.958. The van der Waals surface area contributed by atoms with Crippen LogP contribution in [0.3, 0.4) is 0 Å². The molecule has 3 aromatic rings. The van der Waals surface area contributed by atoms with Crippen molar-refractivity contribution in [1.82, 2.24) is 15.0 Å². The number of quaternary nitrogens is 1. The van der Waals surface area contributed by atoms with E-state index in [0.717, 1.165) is 79.8 Å². The molecular weight excluding hydrogens is 500 g/mol. The van der Waals surface area contributed by atoms with E-state index in [-0.39, 0.29) is 24.5 Å². The molecule has 0 saturated carbocycles. The van der Waals surface area contributed by atoms with Gasteiger partial charge in [0.2, 0.25) is 5.82 Å². The number of ether oxygens (including phenoxy) is 1. The maximum absolute atomic E-state index is 14.0. The number of likely N-dealkylation sites (tertiary alicyclic amines) is 1. The summed E-state index contributed by atoms with van der Waals surface area (Å²) in [6.07, 6.45) is 5.52. The van der Waals surface area contributed by atoms with Gasteiger partial charge in [0.15, 0.2) is 6.10 Å². The van der Waals surface area contributed by atoms with E-state index >= 15 is 0 Å². The van der Waals surface area contributed by atoms with Crippen molar-refractivity contribution in [2.45, 2.75) is 57.2 Å². The van der Waals surface area contributed by atoms with Gasteiger partial charge in [0.1, 0.15) is 18.6 Å². The highest BCUT2D eigenvalue weighted by Crippen LogP contribution is 2.39. The Morgan fingerprint density at radius 2 is 1.68 bits per heavy atom. The number of rotatable bonds is 7. The lowest BCUT2D eigenvalue weighted by atomic mass is 9.82. The molecule has 2 atom stereocenters. The summed E-state index contributed by atoms with van der Waals surface area (Å²) in [7, 11) is 0. The second kappa shape index (κ2) is 11.2. The molecule has 2 bridgehead atoms. The van der Waals surface area contributed by atoms with Crippen molar-refractivity contribution in [3.8, 4) is 11.5 Å². The number of halogens is 1. The van der Waals surface area contributed by atoms with Gasteiger partial charge in [-0.15, -0.1) is 0 Å². The minimum absolute atomic E-state index is 0. The molecule has 0 spiro atoms. The first-order valence-corrected chi connectivity index (χ1v) is 13.8. The second-order valence-corrected chi connectivity index (χ2v) is 11.3. The number of carbonyl (C=O) groups excluding carboxylic acids is 1. The Morgan fingerprint density at radius 3 is 2.37 bits per heavy atom. The van der Waals surface area contributed by atoms with Crippen LogP contribution in [-0.2, 0) is 21.6 Å². The number of hydrogen-bond acceptors (Lipinski definition) is 6. The summed E-state index contributed by atoms with van der Waals surface area (Å²) in [5.41, 5.74) is 1.19. The fourth-order valence-corrected chi connectivity index (χ4v) is 6.68. The van der Waals surface area contributed by atoms with Gasteiger partial charge < -0.3 is 26.2 Å². The molecular formula is C30H37ClN4O3. The molecule has 4 saturated heterocycles. The minimum atomic E-state index is -0.767. The quantitative estimate of drug-likeness (QED) is 0.339. The molecule has 1 aromatic heterocycles. The molecule has 0 aliphatic carbocycles.